The number of aliphatic hydroxyl groups is 1. The molecule has 0 fully saturated rings. The molecule has 0 bridgehead atoms. The number of rotatable bonds is 8. The fraction of sp³-hybridized carbons (Fsp3) is 0.722. The van der Waals surface area contributed by atoms with Crippen LogP contribution >= 0.6 is 0 Å². The molecule has 0 aliphatic rings. The van der Waals surface area contributed by atoms with E-state index < -0.39 is 20.3 Å². The van der Waals surface area contributed by atoms with Crippen molar-refractivity contribution in [3.63, 3.8) is 0 Å². The van der Waals surface area contributed by atoms with Crippen molar-refractivity contribution in [2.75, 3.05) is 20.8 Å². The van der Waals surface area contributed by atoms with Gasteiger partial charge in [0, 0.05) is 7.05 Å². The number of nitrogens with zero attached hydrogens (tertiary/aromatic N) is 1. The minimum absolute atomic E-state index is 0.186. The van der Waals surface area contributed by atoms with Crippen molar-refractivity contribution in [3.8, 4) is 0 Å². The molecule has 0 heterocycles. The summed E-state index contributed by atoms with van der Waals surface area (Å²) < 4.78 is 6.07. The topological polar surface area (TPSA) is 59.0 Å². The second-order valence-electron chi connectivity index (χ2n) is 7.68. The lowest BCUT2D eigenvalue weighted by Gasteiger charge is -2.35. The van der Waals surface area contributed by atoms with E-state index in [1.165, 1.54) is 14.2 Å². The van der Waals surface area contributed by atoms with E-state index in [1.807, 2.05) is 19.1 Å². The van der Waals surface area contributed by atoms with Crippen molar-refractivity contribution in [3.05, 3.63) is 23.8 Å². The highest BCUT2D eigenvalue weighted by Crippen LogP contribution is 2.36. The predicted molar refractivity (Wildman–Crippen MR) is 101 cm³/mol. The molecule has 0 saturated carbocycles. The normalized spacial score (nSPS) is 16.3. The summed E-state index contributed by atoms with van der Waals surface area (Å²) in [7, 11) is 1.21. The van der Waals surface area contributed by atoms with Crippen LogP contribution in [0.15, 0.2) is 23.8 Å². The van der Waals surface area contributed by atoms with E-state index in [0.29, 0.717) is 6.61 Å². The molecule has 1 amide bonds. The van der Waals surface area contributed by atoms with E-state index in [2.05, 4.69) is 33.9 Å². The smallest absolute Gasteiger partial charge is 0.251 e. The lowest BCUT2D eigenvalue weighted by atomic mass is 10.0. The molecular weight excluding hydrogens is 322 g/mol. The molecule has 0 aromatic carbocycles. The Balaban J connectivity index is 4.62. The van der Waals surface area contributed by atoms with Crippen LogP contribution in [0.25, 0.3) is 0 Å². The molecule has 5 nitrogen and oxygen atoms in total. The minimum Gasteiger partial charge on any atom is -0.413 e. The summed E-state index contributed by atoms with van der Waals surface area (Å²) in [5.41, 5.74) is 0.890. The Hall–Kier alpha value is -0.953. The Bertz CT molecular complexity index is 466. The Morgan fingerprint density at radius 3 is 2.33 bits per heavy atom. The predicted octanol–water partition coefficient (Wildman–Crippen LogP) is 3.53. The van der Waals surface area contributed by atoms with Crippen LogP contribution in [-0.2, 0) is 14.1 Å². The molecule has 0 aliphatic heterocycles. The zero-order valence-electron chi connectivity index (χ0n) is 16.7. The first-order valence-electron chi connectivity index (χ1n) is 8.32. The van der Waals surface area contributed by atoms with Crippen LogP contribution in [-0.4, -0.2) is 51.3 Å². The van der Waals surface area contributed by atoms with E-state index in [9.17, 15) is 9.90 Å². The van der Waals surface area contributed by atoms with Crippen LogP contribution in [0.2, 0.25) is 18.1 Å². The summed E-state index contributed by atoms with van der Waals surface area (Å²) in [6, 6.07) is 0. The number of hydroxylamine groups is 2. The fourth-order valence-corrected chi connectivity index (χ4v) is 2.64. The minimum atomic E-state index is -1.74. The standard InChI is InChI=1S/C18H35NO4Si/c1-14(11-10-12-23-24(8,9)18(3,4)5)13-16(20)15(2)17(21)19(6)22-7/h10-11,13,15-16,20H,12H2,1-9H3/b11-10+,14-13+/t15-,16-/m1/s1. The first-order valence-corrected chi connectivity index (χ1v) is 11.2. The Morgan fingerprint density at radius 1 is 1.33 bits per heavy atom. The summed E-state index contributed by atoms with van der Waals surface area (Å²) in [6.07, 6.45) is 4.68. The van der Waals surface area contributed by atoms with Crippen LogP contribution in [0, 0.1) is 5.92 Å². The molecule has 0 unspecified atom stereocenters. The van der Waals surface area contributed by atoms with Gasteiger partial charge in [0.05, 0.1) is 25.7 Å². The zero-order valence-corrected chi connectivity index (χ0v) is 17.7. The maximum absolute atomic E-state index is 11.9. The maximum Gasteiger partial charge on any atom is 0.251 e. The number of aliphatic hydroxyl groups excluding tert-OH is 1. The maximum atomic E-state index is 11.9. The van der Waals surface area contributed by atoms with Gasteiger partial charge in [-0.25, -0.2) is 5.06 Å². The molecule has 0 spiro atoms. The number of carbonyl (C=O) groups is 1. The van der Waals surface area contributed by atoms with E-state index in [1.54, 1.807) is 13.0 Å². The van der Waals surface area contributed by atoms with Crippen molar-refractivity contribution in [1.82, 2.24) is 5.06 Å². The first-order chi connectivity index (χ1) is 10.8. The Morgan fingerprint density at radius 2 is 1.88 bits per heavy atom. The molecule has 6 heteroatoms. The van der Waals surface area contributed by atoms with Gasteiger partial charge in [0.1, 0.15) is 0 Å². The molecule has 0 radical (unpaired) electrons. The van der Waals surface area contributed by atoms with Crippen molar-refractivity contribution < 1.29 is 19.2 Å². The summed E-state index contributed by atoms with van der Waals surface area (Å²) in [4.78, 5) is 16.8. The highest BCUT2D eigenvalue weighted by Gasteiger charge is 2.36. The van der Waals surface area contributed by atoms with Gasteiger partial charge in [-0.05, 0) is 25.1 Å². The third kappa shape index (κ3) is 7.30. The van der Waals surface area contributed by atoms with Gasteiger partial charge in [-0.2, -0.15) is 0 Å². The van der Waals surface area contributed by atoms with Gasteiger partial charge >= 0.3 is 0 Å². The van der Waals surface area contributed by atoms with E-state index in [4.69, 9.17) is 9.26 Å². The van der Waals surface area contributed by atoms with Gasteiger partial charge in [0.15, 0.2) is 8.32 Å². The summed E-state index contributed by atoms with van der Waals surface area (Å²) >= 11 is 0. The van der Waals surface area contributed by atoms with Crippen LogP contribution in [0.5, 0.6) is 0 Å². The van der Waals surface area contributed by atoms with Gasteiger partial charge < -0.3 is 9.53 Å². The third-order valence-electron chi connectivity index (χ3n) is 4.65. The van der Waals surface area contributed by atoms with Crippen LogP contribution in [0.4, 0.5) is 0 Å². The Kier molecular flexibility index (Phi) is 9.13. The molecule has 1 N–H and O–H groups in total. The van der Waals surface area contributed by atoms with Crippen molar-refractivity contribution in [2.24, 2.45) is 5.92 Å². The molecule has 24 heavy (non-hydrogen) atoms. The highest BCUT2D eigenvalue weighted by molar-refractivity contribution is 6.74. The summed E-state index contributed by atoms with van der Waals surface area (Å²) in [5, 5.41) is 11.5. The van der Waals surface area contributed by atoms with Crippen LogP contribution < -0.4 is 0 Å². The highest BCUT2D eigenvalue weighted by atomic mass is 28.4. The average Bonchev–Trinajstić information content (AvgIpc) is 2.47. The molecule has 0 aliphatic carbocycles. The van der Waals surface area contributed by atoms with Crippen molar-refractivity contribution >= 4 is 14.2 Å². The third-order valence-corrected chi connectivity index (χ3v) is 9.15. The number of carbonyl (C=O) groups excluding carboxylic acids is 1. The van der Waals surface area contributed by atoms with Crippen LogP contribution in [0.1, 0.15) is 34.6 Å². The lowest BCUT2D eigenvalue weighted by Crippen LogP contribution is -2.40. The van der Waals surface area contributed by atoms with Gasteiger partial charge in [-0.1, -0.05) is 51.5 Å². The molecule has 2 atom stereocenters. The molecule has 0 rings (SSSR count). The number of hydrogen-bond acceptors (Lipinski definition) is 4. The van der Waals surface area contributed by atoms with E-state index in [-0.39, 0.29) is 10.9 Å². The fourth-order valence-electron chi connectivity index (χ4n) is 1.70. The largest absolute Gasteiger partial charge is 0.413 e. The van der Waals surface area contributed by atoms with Crippen molar-refractivity contribution in [1.29, 1.82) is 0 Å². The SMILES string of the molecule is CON(C)C(=O)[C@H](C)[C@H](O)/C=C(C)/C=C/CO[Si](C)(C)C(C)(C)C. The van der Waals surface area contributed by atoms with Gasteiger partial charge in [0.2, 0.25) is 0 Å². The molecule has 0 saturated heterocycles. The van der Waals surface area contributed by atoms with Crippen molar-refractivity contribution in [2.45, 2.75) is 58.9 Å². The lowest BCUT2D eigenvalue weighted by molar-refractivity contribution is -0.175. The average molecular weight is 358 g/mol. The Labute approximate surface area is 148 Å². The van der Waals surface area contributed by atoms with Gasteiger partial charge in [-0.15, -0.1) is 0 Å². The number of amides is 1. The van der Waals surface area contributed by atoms with Crippen LogP contribution in [0.3, 0.4) is 0 Å². The van der Waals surface area contributed by atoms with Gasteiger partial charge in [0.25, 0.3) is 5.91 Å². The monoisotopic (exact) mass is 357 g/mol. The quantitative estimate of drug-likeness (QED) is 0.410. The zero-order chi connectivity index (χ0) is 19.1. The van der Waals surface area contributed by atoms with E-state index >= 15 is 0 Å². The molecule has 0 aromatic rings. The van der Waals surface area contributed by atoms with Gasteiger partial charge in [-0.3, -0.25) is 9.63 Å². The van der Waals surface area contributed by atoms with E-state index in [0.717, 1.165) is 10.6 Å². The second kappa shape index (κ2) is 9.51. The summed E-state index contributed by atoms with van der Waals surface area (Å²) in [6.45, 7) is 15.2. The molecule has 0 aromatic heterocycles. The first kappa shape index (κ1) is 23.0. The second-order valence-corrected chi connectivity index (χ2v) is 12.5. The molecular formula is C18H35NO4Si. The number of hydrogen-bond donors (Lipinski definition) is 1. The molecule has 140 valence electrons. The summed E-state index contributed by atoms with van der Waals surface area (Å²) in [5.74, 6) is -0.832. The number of allylic oxidation sites excluding steroid dienone is 2.